The maximum absolute atomic E-state index is 15.6. The van der Waals surface area contributed by atoms with Crippen molar-refractivity contribution in [2.75, 3.05) is 6.61 Å². The summed E-state index contributed by atoms with van der Waals surface area (Å²) < 4.78 is 33.3. The monoisotopic (exact) mass is 478 g/mol. The Labute approximate surface area is 199 Å². The molecule has 4 fully saturated rings. The number of ketones is 2. The van der Waals surface area contributed by atoms with E-state index in [9.17, 15) is 19.5 Å². The third-order valence-electron chi connectivity index (χ3n) is 9.69. The van der Waals surface area contributed by atoms with Gasteiger partial charge < -0.3 is 19.3 Å². The summed E-state index contributed by atoms with van der Waals surface area (Å²) in [6.07, 6.45) is 0.657. The number of carbonyl (C=O) groups is 3. The highest BCUT2D eigenvalue weighted by molar-refractivity contribution is 5.93. The Balaban J connectivity index is 1.57. The van der Waals surface area contributed by atoms with Crippen LogP contribution in [0.2, 0.25) is 0 Å². The molecule has 1 aliphatic heterocycles. The van der Waals surface area contributed by atoms with Crippen LogP contribution in [0.4, 0.5) is 4.39 Å². The number of hydrogen-bond donors (Lipinski definition) is 1. The van der Waals surface area contributed by atoms with Crippen molar-refractivity contribution >= 4 is 17.5 Å². The fourth-order valence-corrected chi connectivity index (χ4v) is 8.56. The van der Waals surface area contributed by atoms with Gasteiger partial charge in [0.25, 0.3) is 0 Å². The average molecular weight is 479 g/mol. The van der Waals surface area contributed by atoms with Gasteiger partial charge in [-0.3, -0.25) is 14.4 Å². The number of aliphatic hydroxyl groups excluding tert-OH is 1. The molecule has 5 rings (SSSR count). The molecule has 0 aromatic carbocycles. The Bertz CT molecular complexity index is 974. The summed E-state index contributed by atoms with van der Waals surface area (Å²) in [5.41, 5.74) is -2.32. The van der Waals surface area contributed by atoms with Gasteiger partial charge in [0.1, 0.15) is 6.17 Å². The van der Waals surface area contributed by atoms with Gasteiger partial charge in [-0.1, -0.05) is 13.8 Å². The molecule has 0 aromatic rings. The summed E-state index contributed by atoms with van der Waals surface area (Å²) in [4.78, 5) is 37.2. The minimum absolute atomic E-state index is 0.0573. The van der Waals surface area contributed by atoms with Crippen LogP contribution in [0.1, 0.15) is 66.7 Å². The molecule has 0 radical (unpaired) electrons. The number of allylic oxidation sites excluding steroid dienone is 1. The molecule has 188 valence electrons. The number of hydrogen-bond acceptors (Lipinski definition) is 7. The van der Waals surface area contributed by atoms with Gasteiger partial charge >= 0.3 is 5.97 Å². The van der Waals surface area contributed by atoms with Crippen molar-refractivity contribution in [2.24, 2.45) is 28.6 Å². The first-order chi connectivity index (χ1) is 15.7. The number of carbonyl (C=O) groups excluding carboxylic acids is 3. The first-order valence-electron chi connectivity index (χ1n) is 12.4. The van der Waals surface area contributed by atoms with E-state index in [4.69, 9.17) is 14.2 Å². The van der Waals surface area contributed by atoms with Crippen LogP contribution in [-0.2, 0) is 28.6 Å². The second-order valence-corrected chi connectivity index (χ2v) is 12.0. The van der Waals surface area contributed by atoms with Gasteiger partial charge in [0, 0.05) is 18.8 Å². The fraction of sp³-hybridized carbons (Fsp3) is 0.808. The molecule has 34 heavy (non-hydrogen) atoms. The molecule has 3 saturated carbocycles. The molecular formula is C26H35FO7. The number of aliphatic hydroxyl groups is 1. The van der Waals surface area contributed by atoms with Gasteiger partial charge in [0.2, 0.25) is 5.78 Å². The molecule has 8 heteroatoms. The Hall–Kier alpha value is -1.64. The molecule has 9 atom stereocenters. The van der Waals surface area contributed by atoms with Crippen molar-refractivity contribution in [1.29, 1.82) is 0 Å². The minimum Gasteiger partial charge on any atom is -0.458 e. The Kier molecular flexibility index (Phi) is 5.26. The van der Waals surface area contributed by atoms with Crippen LogP contribution in [0.5, 0.6) is 0 Å². The van der Waals surface area contributed by atoms with Crippen molar-refractivity contribution < 1.29 is 38.1 Å². The highest BCUT2D eigenvalue weighted by Gasteiger charge is 2.77. The lowest BCUT2D eigenvalue weighted by atomic mass is 9.45. The lowest BCUT2D eigenvalue weighted by Gasteiger charge is -2.61. The van der Waals surface area contributed by atoms with Crippen molar-refractivity contribution in [3.05, 3.63) is 11.6 Å². The second-order valence-electron chi connectivity index (χ2n) is 12.0. The number of Topliss-reactive ketones (excluding diaryl/α,β-unsaturated/α-hetero) is 1. The molecule has 0 amide bonds. The highest BCUT2D eigenvalue weighted by atomic mass is 19.1. The van der Waals surface area contributed by atoms with E-state index in [1.54, 1.807) is 13.8 Å². The van der Waals surface area contributed by atoms with Crippen molar-refractivity contribution in [3.8, 4) is 0 Å². The third-order valence-corrected chi connectivity index (χ3v) is 9.69. The van der Waals surface area contributed by atoms with Crippen molar-refractivity contribution in [3.63, 3.8) is 0 Å². The van der Waals surface area contributed by atoms with Crippen LogP contribution < -0.4 is 0 Å². The van der Waals surface area contributed by atoms with E-state index in [-0.39, 0.29) is 42.2 Å². The summed E-state index contributed by atoms with van der Waals surface area (Å²) in [5.74, 6) is -2.56. The summed E-state index contributed by atoms with van der Waals surface area (Å²) in [5, 5.41) is 11.6. The standard InChI is InChI=1S/C26H35FO7/c1-13(28)32-12-20(31)26-21(33-23(2,3)34-26)10-16-15-9-18(27)17-8-14(29)6-7-24(17,4)22(15)19(30)11-25(16,26)5/h8,15-16,18-19,21-22,30H,6-7,9-12H2,1-5H3/t15-,16-,18-,19-,21+,22+,24-,25-,26+/m0/s1. The first kappa shape index (κ1) is 24.1. The van der Waals surface area contributed by atoms with Gasteiger partial charge in [-0.05, 0) is 74.3 Å². The molecule has 0 aromatic heterocycles. The minimum atomic E-state index is -1.39. The average Bonchev–Trinajstić information content (AvgIpc) is 3.13. The van der Waals surface area contributed by atoms with Crippen molar-refractivity contribution in [2.45, 2.75) is 96.5 Å². The van der Waals surface area contributed by atoms with Gasteiger partial charge in [-0.25, -0.2) is 4.39 Å². The summed E-state index contributed by atoms with van der Waals surface area (Å²) in [6.45, 7) is 8.24. The van der Waals surface area contributed by atoms with E-state index in [1.165, 1.54) is 13.0 Å². The lowest BCUT2D eigenvalue weighted by molar-refractivity contribution is -0.229. The Morgan fingerprint density at radius 2 is 1.94 bits per heavy atom. The fourth-order valence-electron chi connectivity index (χ4n) is 8.56. The maximum atomic E-state index is 15.6. The summed E-state index contributed by atoms with van der Waals surface area (Å²) in [7, 11) is 0. The van der Waals surface area contributed by atoms with E-state index in [2.05, 4.69) is 0 Å². The van der Waals surface area contributed by atoms with E-state index >= 15 is 4.39 Å². The largest absolute Gasteiger partial charge is 0.458 e. The first-order valence-corrected chi connectivity index (χ1v) is 12.4. The van der Waals surface area contributed by atoms with Crippen LogP contribution in [0.15, 0.2) is 11.6 Å². The van der Waals surface area contributed by atoms with Gasteiger partial charge in [-0.2, -0.15) is 0 Å². The number of rotatable bonds is 3. The highest BCUT2D eigenvalue weighted by Crippen LogP contribution is 2.70. The SMILES string of the molecule is CC(=O)OCC(=O)[C@@]12OC(C)(C)O[C@@H]1C[C@H]1[C@@H]3C[C@H](F)C4=CC(=O)CC[C@]4(C)[C@H]3[C@@H](O)C[C@@]12C. The van der Waals surface area contributed by atoms with E-state index in [0.29, 0.717) is 24.8 Å². The molecule has 0 spiro atoms. The number of halogens is 1. The van der Waals surface area contributed by atoms with E-state index in [1.807, 2.05) is 13.8 Å². The molecule has 5 aliphatic rings. The van der Waals surface area contributed by atoms with Crippen LogP contribution in [0, 0.1) is 28.6 Å². The van der Waals surface area contributed by atoms with Crippen LogP contribution in [-0.4, -0.2) is 59.0 Å². The van der Waals surface area contributed by atoms with E-state index < -0.39 is 53.2 Å². The predicted molar refractivity (Wildman–Crippen MR) is 118 cm³/mol. The molecule has 1 heterocycles. The van der Waals surface area contributed by atoms with E-state index in [0.717, 1.165) is 0 Å². The molecule has 7 nitrogen and oxygen atoms in total. The molecule has 1 N–H and O–H groups in total. The summed E-state index contributed by atoms with van der Waals surface area (Å²) in [6, 6.07) is 0. The lowest BCUT2D eigenvalue weighted by Crippen LogP contribution is -2.65. The molecule has 0 unspecified atom stereocenters. The molecule has 4 aliphatic carbocycles. The molecular weight excluding hydrogens is 443 g/mol. The number of fused-ring (bicyclic) bond motifs is 7. The van der Waals surface area contributed by atoms with Crippen LogP contribution in [0.3, 0.4) is 0 Å². The predicted octanol–water partition coefficient (Wildman–Crippen LogP) is 3.07. The zero-order valence-corrected chi connectivity index (χ0v) is 20.6. The normalized spacial score (nSPS) is 48.8. The second kappa shape index (κ2) is 7.43. The van der Waals surface area contributed by atoms with Gasteiger partial charge in [0.15, 0.2) is 23.8 Å². The number of esters is 1. The third kappa shape index (κ3) is 3.07. The number of ether oxygens (including phenoxy) is 3. The van der Waals surface area contributed by atoms with Crippen LogP contribution in [0.25, 0.3) is 0 Å². The quantitative estimate of drug-likeness (QED) is 0.623. The van der Waals surface area contributed by atoms with Gasteiger partial charge in [-0.15, -0.1) is 0 Å². The zero-order chi connectivity index (χ0) is 24.8. The van der Waals surface area contributed by atoms with Crippen molar-refractivity contribution in [1.82, 2.24) is 0 Å². The molecule has 0 bridgehead atoms. The number of alkyl halides is 1. The zero-order valence-electron chi connectivity index (χ0n) is 20.6. The van der Waals surface area contributed by atoms with Crippen LogP contribution >= 0.6 is 0 Å². The summed E-state index contributed by atoms with van der Waals surface area (Å²) >= 11 is 0. The van der Waals surface area contributed by atoms with Gasteiger partial charge in [0.05, 0.1) is 12.2 Å². The topological polar surface area (TPSA) is 99.1 Å². The maximum Gasteiger partial charge on any atom is 0.303 e. The Morgan fingerprint density at radius 1 is 1.24 bits per heavy atom. The Morgan fingerprint density at radius 3 is 2.62 bits per heavy atom. The smallest absolute Gasteiger partial charge is 0.303 e. The molecule has 1 saturated heterocycles.